The van der Waals surface area contributed by atoms with Gasteiger partial charge in [0.1, 0.15) is 5.02 Å². The fourth-order valence-corrected chi connectivity index (χ4v) is 3.61. The summed E-state index contributed by atoms with van der Waals surface area (Å²) in [7, 11) is -3.64. The summed E-state index contributed by atoms with van der Waals surface area (Å²) in [5.41, 5.74) is -0.305. The lowest BCUT2D eigenvalue weighted by Crippen LogP contribution is -2.46. The molecule has 0 saturated carbocycles. The Labute approximate surface area is 115 Å². The lowest BCUT2D eigenvalue weighted by atomic mass is 10.3. The number of rotatable bonds is 3. The molecule has 1 aromatic carbocycles. The van der Waals surface area contributed by atoms with Crippen molar-refractivity contribution in [1.82, 2.24) is 9.62 Å². The fourth-order valence-electron chi connectivity index (χ4n) is 1.83. The maximum Gasteiger partial charge on any atom is 0.287 e. The van der Waals surface area contributed by atoms with E-state index in [9.17, 15) is 18.5 Å². The molecule has 1 aliphatic rings. The van der Waals surface area contributed by atoms with E-state index in [2.05, 4.69) is 5.32 Å². The van der Waals surface area contributed by atoms with Gasteiger partial charge in [-0.05, 0) is 12.1 Å². The number of piperazine rings is 1. The van der Waals surface area contributed by atoms with Crippen molar-refractivity contribution < 1.29 is 13.3 Å². The Hall–Kier alpha value is -1.22. The van der Waals surface area contributed by atoms with Crippen LogP contribution >= 0.6 is 11.6 Å². The topological polar surface area (TPSA) is 92.5 Å². The van der Waals surface area contributed by atoms with Crippen LogP contribution in [0.4, 0.5) is 5.69 Å². The van der Waals surface area contributed by atoms with E-state index >= 15 is 0 Å². The predicted molar refractivity (Wildman–Crippen MR) is 69.7 cm³/mol. The zero-order valence-corrected chi connectivity index (χ0v) is 11.4. The van der Waals surface area contributed by atoms with Gasteiger partial charge in [-0.3, -0.25) is 10.1 Å². The Bertz CT molecular complexity index is 599. The molecule has 0 bridgehead atoms. The second-order valence-corrected chi connectivity index (χ2v) is 6.37. The van der Waals surface area contributed by atoms with Crippen molar-refractivity contribution in [2.24, 2.45) is 0 Å². The molecule has 0 atom stereocenters. The average Bonchev–Trinajstić information content (AvgIpc) is 2.39. The van der Waals surface area contributed by atoms with Crippen LogP contribution in [0.2, 0.25) is 5.02 Å². The first-order valence-electron chi connectivity index (χ1n) is 5.58. The molecule has 9 heteroatoms. The zero-order valence-electron chi connectivity index (χ0n) is 9.87. The van der Waals surface area contributed by atoms with Crippen LogP contribution in [-0.2, 0) is 10.0 Å². The number of hydrogen-bond acceptors (Lipinski definition) is 5. The molecule has 104 valence electrons. The molecule has 1 N–H and O–H groups in total. The Morgan fingerprint density at radius 1 is 1.32 bits per heavy atom. The van der Waals surface area contributed by atoms with Crippen molar-refractivity contribution in [3.63, 3.8) is 0 Å². The molecule has 0 aliphatic carbocycles. The summed E-state index contributed by atoms with van der Waals surface area (Å²) in [6.45, 7) is 1.91. The van der Waals surface area contributed by atoms with E-state index in [1.165, 1.54) is 10.4 Å². The first kappa shape index (κ1) is 14.2. The van der Waals surface area contributed by atoms with Crippen LogP contribution < -0.4 is 5.32 Å². The Morgan fingerprint density at radius 3 is 2.47 bits per heavy atom. The third kappa shape index (κ3) is 2.86. The summed E-state index contributed by atoms with van der Waals surface area (Å²) in [4.78, 5) is 9.96. The van der Waals surface area contributed by atoms with Gasteiger partial charge in [0.15, 0.2) is 0 Å². The second kappa shape index (κ2) is 5.41. The van der Waals surface area contributed by atoms with Gasteiger partial charge in [0.2, 0.25) is 10.0 Å². The fraction of sp³-hybridized carbons (Fsp3) is 0.400. The first-order chi connectivity index (χ1) is 8.93. The van der Waals surface area contributed by atoms with Gasteiger partial charge in [-0.1, -0.05) is 11.6 Å². The van der Waals surface area contributed by atoms with Gasteiger partial charge in [0.05, 0.1) is 9.82 Å². The van der Waals surface area contributed by atoms with Crippen molar-refractivity contribution in [3.8, 4) is 0 Å². The minimum Gasteiger partial charge on any atom is -0.314 e. The number of nitrogens with zero attached hydrogens (tertiary/aromatic N) is 2. The van der Waals surface area contributed by atoms with Gasteiger partial charge < -0.3 is 5.32 Å². The molecule has 0 unspecified atom stereocenters. The Balaban J connectivity index is 2.35. The molecule has 1 aliphatic heterocycles. The highest BCUT2D eigenvalue weighted by Gasteiger charge is 2.27. The van der Waals surface area contributed by atoms with Gasteiger partial charge in [-0.15, -0.1) is 0 Å². The molecule has 19 heavy (non-hydrogen) atoms. The van der Waals surface area contributed by atoms with Crippen molar-refractivity contribution in [1.29, 1.82) is 0 Å². The van der Waals surface area contributed by atoms with Gasteiger partial charge in [0, 0.05) is 32.2 Å². The van der Waals surface area contributed by atoms with Crippen molar-refractivity contribution in [2.45, 2.75) is 4.90 Å². The summed E-state index contributed by atoms with van der Waals surface area (Å²) >= 11 is 5.73. The lowest BCUT2D eigenvalue weighted by molar-refractivity contribution is -0.384. The van der Waals surface area contributed by atoms with Crippen molar-refractivity contribution >= 4 is 27.3 Å². The number of halogens is 1. The Morgan fingerprint density at radius 2 is 1.95 bits per heavy atom. The van der Waals surface area contributed by atoms with E-state index < -0.39 is 14.9 Å². The molecule has 0 radical (unpaired) electrons. The molecule has 1 heterocycles. The summed E-state index contributed by atoms with van der Waals surface area (Å²) in [5, 5.41) is 13.5. The number of benzene rings is 1. The van der Waals surface area contributed by atoms with E-state index in [0.29, 0.717) is 26.2 Å². The van der Waals surface area contributed by atoms with Gasteiger partial charge in [-0.25, -0.2) is 8.42 Å². The standard InChI is InChI=1S/C10H12ClN3O4S/c11-9-7-8(1-2-10(9)14(15)16)19(17,18)13-5-3-12-4-6-13/h1-2,7,12H,3-6H2. The number of nitro benzene ring substituents is 1. The molecular weight excluding hydrogens is 294 g/mol. The highest BCUT2D eigenvalue weighted by Crippen LogP contribution is 2.28. The van der Waals surface area contributed by atoms with Crippen LogP contribution in [0, 0.1) is 10.1 Å². The SMILES string of the molecule is O=[N+]([O-])c1ccc(S(=O)(=O)N2CCNCC2)cc1Cl. The van der Waals surface area contributed by atoms with E-state index in [0.717, 1.165) is 12.1 Å². The van der Waals surface area contributed by atoms with Crippen molar-refractivity contribution in [3.05, 3.63) is 33.3 Å². The lowest BCUT2D eigenvalue weighted by Gasteiger charge is -2.26. The van der Waals surface area contributed by atoms with Gasteiger partial charge in [-0.2, -0.15) is 4.31 Å². The van der Waals surface area contributed by atoms with Crippen molar-refractivity contribution in [2.75, 3.05) is 26.2 Å². The third-order valence-electron chi connectivity index (χ3n) is 2.83. The Kier molecular flexibility index (Phi) is 4.04. The normalized spacial score (nSPS) is 17.3. The minimum absolute atomic E-state index is 0.0231. The molecule has 7 nitrogen and oxygen atoms in total. The maximum absolute atomic E-state index is 12.3. The highest BCUT2D eigenvalue weighted by molar-refractivity contribution is 7.89. The first-order valence-corrected chi connectivity index (χ1v) is 7.39. The summed E-state index contributed by atoms with van der Waals surface area (Å²) < 4.78 is 25.9. The highest BCUT2D eigenvalue weighted by atomic mass is 35.5. The number of hydrogen-bond donors (Lipinski definition) is 1. The molecule has 1 fully saturated rings. The van der Waals surface area contributed by atoms with Crippen LogP contribution in [0.5, 0.6) is 0 Å². The molecule has 0 spiro atoms. The monoisotopic (exact) mass is 305 g/mol. The van der Waals surface area contributed by atoms with Crippen LogP contribution in [-0.4, -0.2) is 43.8 Å². The molecule has 0 aromatic heterocycles. The van der Waals surface area contributed by atoms with Gasteiger partial charge >= 0.3 is 0 Å². The van der Waals surface area contributed by atoms with E-state index in [1.54, 1.807) is 0 Å². The third-order valence-corrected chi connectivity index (χ3v) is 5.03. The predicted octanol–water partition coefficient (Wildman–Crippen LogP) is 0.842. The molecule has 2 rings (SSSR count). The minimum atomic E-state index is -3.64. The van der Waals surface area contributed by atoms with Crippen LogP contribution in [0.3, 0.4) is 0 Å². The quantitative estimate of drug-likeness (QED) is 0.660. The molecule has 0 amide bonds. The van der Waals surface area contributed by atoms with E-state index in [4.69, 9.17) is 11.6 Å². The smallest absolute Gasteiger partial charge is 0.287 e. The summed E-state index contributed by atoms with van der Waals surface area (Å²) in [6, 6.07) is 3.44. The average molecular weight is 306 g/mol. The molecule has 1 saturated heterocycles. The number of nitro groups is 1. The van der Waals surface area contributed by atoms with E-state index in [-0.39, 0.29) is 15.6 Å². The summed E-state index contributed by atoms with van der Waals surface area (Å²) in [6.07, 6.45) is 0. The van der Waals surface area contributed by atoms with Crippen LogP contribution in [0.1, 0.15) is 0 Å². The maximum atomic E-state index is 12.3. The van der Waals surface area contributed by atoms with Crippen LogP contribution in [0.25, 0.3) is 0 Å². The number of nitrogens with one attached hydrogen (secondary N) is 1. The zero-order chi connectivity index (χ0) is 14.0. The molecule has 1 aromatic rings. The summed E-state index contributed by atoms with van der Waals surface area (Å²) in [5.74, 6) is 0. The van der Waals surface area contributed by atoms with Gasteiger partial charge in [0.25, 0.3) is 5.69 Å². The molecular formula is C10H12ClN3O4S. The van der Waals surface area contributed by atoms with E-state index in [1.807, 2.05) is 0 Å². The van der Waals surface area contributed by atoms with Crippen LogP contribution in [0.15, 0.2) is 23.1 Å². The second-order valence-electron chi connectivity index (χ2n) is 4.02. The number of sulfonamides is 1. The largest absolute Gasteiger partial charge is 0.314 e.